The molecule has 6 nitrogen and oxygen atoms in total. The van der Waals surface area contributed by atoms with Crippen LogP contribution in [0, 0.1) is 0 Å². The van der Waals surface area contributed by atoms with Crippen molar-refractivity contribution >= 4 is 16.9 Å². The number of H-pyrrole nitrogens is 2. The molecule has 1 aliphatic heterocycles. The van der Waals surface area contributed by atoms with E-state index in [0.717, 1.165) is 17.0 Å². The van der Waals surface area contributed by atoms with E-state index in [1.165, 1.54) is 30.5 Å². The highest BCUT2D eigenvalue weighted by molar-refractivity contribution is 5.96. The number of aromatic nitrogens is 3. The summed E-state index contributed by atoms with van der Waals surface area (Å²) in [5.41, 5.74) is 0.403. The molecule has 1 fully saturated rings. The molecule has 4 aromatic rings. The second-order valence-corrected chi connectivity index (χ2v) is 8.33. The van der Waals surface area contributed by atoms with Gasteiger partial charge < -0.3 is 19.6 Å². The minimum absolute atomic E-state index is 0.0123. The van der Waals surface area contributed by atoms with E-state index in [2.05, 4.69) is 15.0 Å². The van der Waals surface area contributed by atoms with Crippen molar-refractivity contribution in [3.8, 4) is 22.4 Å². The van der Waals surface area contributed by atoms with Crippen LogP contribution in [-0.4, -0.2) is 46.9 Å². The maximum absolute atomic E-state index is 13.6. The van der Waals surface area contributed by atoms with E-state index in [4.69, 9.17) is 4.74 Å². The molecule has 2 N–H and O–H groups in total. The van der Waals surface area contributed by atoms with Crippen LogP contribution in [0.15, 0.2) is 59.5 Å². The number of ether oxygens (including phenoxy) is 1. The summed E-state index contributed by atoms with van der Waals surface area (Å²) >= 11 is 0. The van der Waals surface area contributed by atoms with Crippen LogP contribution in [0.2, 0.25) is 0 Å². The van der Waals surface area contributed by atoms with Crippen molar-refractivity contribution in [1.29, 1.82) is 0 Å². The standard InChI is InChI=1S/C24H18F6N4O2/c25-23(26,27)15-3-1-2-13(8-15)18-11-17-16(4-5-31-22(17)32-18)14-9-20(33-21(35)10-14)34-6-7-36-12-19(34)24(28,29)30/h1-5,8-11,19H,6-7,12H2,(H,31,32)(H,33,35). The number of rotatable bonds is 3. The molecule has 0 spiro atoms. The van der Waals surface area contributed by atoms with E-state index in [1.807, 2.05) is 0 Å². The van der Waals surface area contributed by atoms with Crippen molar-refractivity contribution in [2.75, 3.05) is 24.7 Å². The number of nitrogens with zero attached hydrogens (tertiary/aromatic N) is 2. The van der Waals surface area contributed by atoms with E-state index >= 15 is 0 Å². The van der Waals surface area contributed by atoms with Gasteiger partial charge in [-0.25, -0.2) is 4.98 Å². The van der Waals surface area contributed by atoms with Crippen molar-refractivity contribution in [3.05, 3.63) is 70.6 Å². The largest absolute Gasteiger partial charge is 0.416 e. The van der Waals surface area contributed by atoms with Gasteiger partial charge in [0.2, 0.25) is 5.56 Å². The molecule has 1 aliphatic rings. The quantitative estimate of drug-likeness (QED) is 0.365. The summed E-state index contributed by atoms with van der Waals surface area (Å²) in [5, 5.41) is 0.496. The molecule has 12 heteroatoms. The molecule has 5 rings (SSSR count). The molecule has 1 atom stereocenters. The fraction of sp³-hybridized carbons (Fsp3) is 0.250. The number of fused-ring (bicyclic) bond motifs is 1. The number of anilines is 1. The van der Waals surface area contributed by atoms with Gasteiger partial charge >= 0.3 is 12.4 Å². The van der Waals surface area contributed by atoms with E-state index in [0.29, 0.717) is 27.9 Å². The number of alkyl halides is 6. The molecule has 3 aromatic heterocycles. The molecule has 0 bridgehead atoms. The summed E-state index contributed by atoms with van der Waals surface area (Å²) in [5.74, 6) is -0.0123. The SMILES string of the molecule is O=c1cc(-c2ccnc3[nH]c(-c4cccc(C(F)(F)F)c4)cc23)cc(N2CCOCC2C(F)(F)F)[nH]1. The topological polar surface area (TPSA) is 74.0 Å². The van der Waals surface area contributed by atoms with Crippen molar-refractivity contribution in [2.24, 2.45) is 0 Å². The Morgan fingerprint density at radius 3 is 2.53 bits per heavy atom. The summed E-state index contributed by atoms with van der Waals surface area (Å²) in [6, 6.07) is 8.73. The Kier molecular flexibility index (Phi) is 5.78. The molecule has 36 heavy (non-hydrogen) atoms. The third kappa shape index (κ3) is 4.55. The molecule has 0 radical (unpaired) electrons. The van der Waals surface area contributed by atoms with Crippen LogP contribution in [0.4, 0.5) is 32.2 Å². The zero-order valence-electron chi connectivity index (χ0n) is 18.4. The number of morpholine rings is 1. The lowest BCUT2D eigenvalue weighted by Gasteiger charge is -2.37. The molecule has 0 amide bonds. The van der Waals surface area contributed by atoms with E-state index in [1.54, 1.807) is 12.1 Å². The summed E-state index contributed by atoms with van der Waals surface area (Å²) in [4.78, 5) is 23.2. The smallest absolute Gasteiger partial charge is 0.377 e. The van der Waals surface area contributed by atoms with Gasteiger partial charge in [0, 0.05) is 29.9 Å². The molecule has 0 saturated carbocycles. The van der Waals surface area contributed by atoms with Gasteiger partial charge in [0.05, 0.1) is 18.8 Å². The van der Waals surface area contributed by atoms with Gasteiger partial charge in [0.25, 0.3) is 0 Å². The lowest BCUT2D eigenvalue weighted by atomic mass is 10.0. The number of hydrogen-bond donors (Lipinski definition) is 2. The zero-order chi connectivity index (χ0) is 25.7. The molecule has 0 aliphatic carbocycles. The number of hydrogen-bond acceptors (Lipinski definition) is 4. The number of pyridine rings is 2. The van der Waals surface area contributed by atoms with Gasteiger partial charge in [-0.15, -0.1) is 0 Å². The Hall–Kier alpha value is -3.80. The van der Waals surface area contributed by atoms with Gasteiger partial charge in [-0.2, -0.15) is 26.3 Å². The predicted molar refractivity (Wildman–Crippen MR) is 121 cm³/mol. The van der Waals surface area contributed by atoms with E-state index in [9.17, 15) is 31.1 Å². The third-order valence-corrected chi connectivity index (χ3v) is 5.99. The molecule has 1 aromatic carbocycles. The lowest BCUT2D eigenvalue weighted by molar-refractivity contribution is -0.167. The Balaban J connectivity index is 1.59. The Morgan fingerprint density at radius 2 is 1.78 bits per heavy atom. The van der Waals surface area contributed by atoms with Crippen LogP contribution in [0.3, 0.4) is 0 Å². The molecule has 1 unspecified atom stereocenters. The van der Waals surface area contributed by atoms with Crippen LogP contribution in [0.1, 0.15) is 5.56 Å². The minimum atomic E-state index is -4.57. The summed E-state index contributed by atoms with van der Waals surface area (Å²) in [7, 11) is 0. The van der Waals surface area contributed by atoms with Crippen molar-refractivity contribution in [3.63, 3.8) is 0 Å². The summed E-state index contributed by atoms with van der Waals surface area (Å²) < 4.78 is 85.2. The van der Waals surface area contributed by atoms with Crippen molar-refractivity contribution in [2.45, 2.75) is 18.4 Å². The first-order valence-electron chi connectivity index (χ1n) is 10.8. The lowest BCUT2D eigenvalue weighted by Crippen LogP contribution is -2.54. The average Bonchev–Trinajstić information content (AvgIpc) is 3.27. The second-order valence-electron chi connectivity index (χ2n) is 8.33. The van der Waals surface area contributed by atoms with Gasteiger partial charge in [0.1, 0.15) is 17.5 Å². The maximum atomic E-state index is 13.6. The highest BCUT2D eigenvalue weighted by Gasteiger charge is 2.45. The van der Waals surface area contributed by atoms with Gasteiger partial charge in [-0.05, 0) is 47.0 Å². The molecule has 4 heterocycles. The van der Waals surface area contributed by atoms with Crippen LogP contribution >= 0.6 is 0 Å². The van der Waals surface area contributed by atoms with Crippen LogP contribution < -0.4 is 10.5 Å². The van der Waals surface area contributed by atoms with E-state index in [-0.39, 0.29) is 24.5 Å². The molecular weight excluding hydrogens is 490 g/mol. The maximum Gasteiger partial charge on any atom is 0.416 e. The summed E-state index contributed by atoms with van der Waals surface area (Å²) in [6.07, 6.45) is -7.64. The Bertz CT molecular complexity index is 1470. The summed E-state index contributed by atoms with van der Waals surface area (Å²) in [6.45, 7) is -0.566. The Labute approximate surface area is 199 Å². The van der Waals surface area contributed by atoms with Crippen LogP contribution in [-0.2, 0) is 10.9 Å². The number of halogens is 6. The Morgan fingerprint density at radius 1 is 0.972 bits per heavy atom. The molecular formula is C24H18F6N4O2. The van der Waals surface area contributed by atoms with Crippen molar-refractivity contribution < 1.29 is 31.1 Å². The molecule has 1 saturated heterocycles. The number of aromatic amines is 2. The average molecular weight is 508 g/mol. The zero-order valence-corrected chi connectivity index (χ0v) is 18.4. The van der Waals surface area contributed by atoms with Gasteiger partial charge in [-0.3, -0.25) is 4.79 Å². The first-order chi connectivity index (χ1) is 17.0. The van der Waals surface area contributed by atoms with Crippen LogP contribution in [0.25, 0.3) is 33.4 Å². The monoisotopic (exact) mass is 508 g/mol. The first kappa shape index (κ1) is 23.9. The third-order valence-electron chi connectivity index (χ3n) is 5.99. The predicted octanol–water partition coefficient (Wildman–Crippen LogP) is 5.37. The highest BCUT2D eigenvalue weighted by Crippen LogP contribution is 2.36. The van der Waals surface area contributed by atoms with Crippen molar-refractivity contribution in [1.82, 2.24) is 15.0 Å². The van der Waals surface area contributed by atoms with Crippen LogP contribution in [0.5, 0.6) is 0 Å². The fourth-order valence-electron chi connectivity index (χ4n) is 4.30. The highest BCUT2D eigenvalue weighted by atomic mass is 19.4. The van der Waals surface area contributed by atoms with E-state index < -0.39 is 36.1 Å². The normalized spacial score (nSPS) is 17.1. The fourth-order valence-corrected chi connectivity index (χ4v) is 4.30. The number of benzene rings is 1. The van der Waals surface area contributed by atoms with Gasteiger partial charge in [0.15, 0.2) is 0 Å². The molecule has 188 valence electrons. The van der Waals surface area contributed by atoms with Gasteiger partial charge in [-0.1, -0.05) is 12.1 Å². The number of nitrogens with one attached hydrogen (secondary N) is 2. The minimum Gasteiger partial charge on any atom is -0.377 e. The first-order valence-corrected chi connectivity index (χ1v) is 10.8. The second kappa shape index (κ2) is 8.70.